The molecule has 2 rings (SSSR count). The fraction of sp³-hybridized carbons (Fsp3) is 0.400. The van der Waals surface area contributed by atoms with Crippen LogP contribution in [0.5, 0.6) is 11.5 Å². The van der Waals surface area contributed by atoms with Crippen molar-refractivity contribution in [2.24, 2.45) is 5.92 Å². The van der Waals surface area contributed by atoms with Crippen LogP contribution in [-0.2, 0) is 31.8 Å². The molecule has 0 radical (unpaired) electrons. The van der Waals surface area contributed by atoms with E-state index >= 15 is 0 Å². The normalized spacial score (nSPS) is 14.6. The molecule has 3 amide bonds. The van der Waals surface area contributed by atoms with Gasteiger partial charge in [-0.25, -0.2) is 0 Å². The van der Waals surface area contributed by atoms with E-state index in [1.54, 1.807) is 19.1 Å². The van der Waals surface area contributed by atoms with Gasteiger partial charge in [-0.05, 0) is 41.3 Å². The molecule has 0 aromatic heterocycles. The van der Waals surface area contributed by atoms with Crippen molar-refractivity contribution < 1.29 is 38.9 Å². The van der Waals surface area contributed by atoms with Crippen molar-refractivity contribution in [2.45, 2.75) is 57.9 Å². The molecule has 2 aromatic carbocycles. The van der Waals surface area contributed by atoms with Crippen LogP contribution in [0, 0.1) is 5.92 Å². The Morgan fingerprint density at radius 2 is 1.30 bits per heavy atom. The molecule has 0 heterocycles. The topological polar surface area (TPSA) is 185 Å². The lowest BCUT2D eigenvalue weighted by Gasteiger charge is -2.28. The van der Waals surface area contributed by atoms with Crippen molar-refractivity contribution in [3.05, 3.63) is 59.7 Å². The van der Waals surface area contributed by atoms with Crippen LogP contribution in [0.1, 0.15) is 38.3 Å². The average molecular weight is 536 g/mol. The third-order valence-corrected chi connectivity index (χ3v) is 7.07. The summed E-state index contributed by atoms with van der Waals surface area (Å²) < 4.78 is 12.2. The van der Waals surface area contributed by atoms with E-state index in [4.69, 9.17) is 0 Å². The fourth-order valence-electron chi connectivity index (χ4n) is 3.63. The summed E-state index contributed by atoms with van der Waals surface area (Å²) in [5, 5.41) is 26.6. The lowest BCUT2D eigenvalue weighted by atomic mass is 9.97. The Hall–Kier alpha value is -3.40. The zero-order valence-corrected chi connectivity index (χ0v) is 21.8. The molecule has 37 heavy (non-hydrogen) atoms. The number of nitrogens with one attached hydrogen (secondary N) is 3. The van der Waals surface area contributed by atoms with E-state index in [0.29, 0.717) is 17.5 Å². The maximum atomic E-state index is 13.3. The third-order valence-electron chi connectivity index (χ3n) is 5.94. The molecule has 12 heteroatoms. The van der Waals surface area contributed by atoms with Crippen LogP contribution in [0.25, 0.3) is 0 Å². The third kappa shape index (κ3) is 9.53. The van der Waals surface area contributed by atoms with Gasteiger partial charge in [-0.15, -0.1) is 0 Å². The van der Waals surface area contributed by atoms with Gasteiger partial charge in [0.05, 0.1) is 0 Å². The van der Waals surface area contributed by atoms with Gasteiger partial charge in [-0.3, -0.25) is 18.9 Å². The summed E-state index contributed by atoms with van der Waals surface area (Å²) in [7, 11) is -4.83. The smallest absolute Gasteiger partial charge is 0.347 e. The van der Waals surface area contributed by atoms with Crippen molar-refractivity contribution in [1.29, 1.82) is 0 Å². The number of aromatic hydroxyl groups is 2. The summed E-state index contributed by atoms with van der Waals surface area (Å²) in [5.41, 5.74) is 1.04. The summed E-state index contributed by atoms with van der Waals surface area (Å²) in [6.07, 6.45) is 0.301. The van der Waals surface area contributed by atoms with Crippen LogP contribution < -0.4 is 16.0 Å². The molecule has 0 saturated heterocycles. The Morgan fingerprint density at radius 1 is 0.811 bits per heavy atom. The zero-order valence-electron chi connectivity index (χ0n) is 20.9. The maximum absolute atomic E-state index is 13.3. The number of phenols is 2. The first-order valence-electron chi connectivity index (χ1n) is 11.8. The van der Waals surface area contributed by atoms with Crippen molar-refractivity contribution in [3.8, 4) is 11.5 Å². The lowest BCUT2D eigenvalue weighted by molar-refractivity contribution is -0.132. The molecule has 0 aliphatic carbocycles. The van der Waals surface area contributed by atoms with Crippen LogP contribution in [0.15, 0.2) is 48.5 Å². The van der Waals surface area contributed by atoms with Crippen LogP contribution in [-0.4, -0.2) is 55.6 Å². The quantitative estimate of drug-likeness (QED) is 0.200. The Bertz CT molecular complexity index is 1120. The molecule has 0 bridgehead atoms. The Kier molecular flexibility index (Phi) is 10.7. The molecule has 0 aliphatic rings. The Morgan fingerprint density at radius 3 is 1.73 bits per heavy atom. The van der Waals surface area contributed by atoms with E-state index in [2.05, 4.69) is 16.0 Å². The number of benzene rings is 2. The van der Waals surface area contributed by atoms with E-state index in [1.807, 2.05) is 6.92 Å². The molecular weight excluding hydrogens is 501 g/mol. The summed E-state index contributed by atoms with van der Waals surface area (Å²) >= 11 is 0. The van der Waals surface area contributed by atoms with Gasteiger partial charge in [-0.2, -0.15) is 0 Å². The zero-order chi connectivity index (χ0) is 27.8. The molecule has 7 N–H and O–H groups in total. The molecule has 11 nitrogen and oxygen atoms in total. The fourth-order valence-corrected chi connectivity index (χ4v) is 4.38. The highest BCUT2D eigenvalue weighted by Gasteiger charge is 2.35. The molecule has 0 aliphatic heterocycles. The highest BCUT2D eigenvalue weighted by molar-refractivity contribution is 7.52. The van der Waals surface area contributed by atoms with Gasteiger partial charge >= 0.3 is 7.60 Å². The minimum Gasteiger partial charge on any atom is -0.508 e. The molecule has 4 atom stereocenters. The van der Waals surface area contributed by atoms with Crippen molar-refractivity contribution >= 4 is 25.3 Å². The van der Waals surface area contributed by atoms with Gasteiger partial charge in [0.15, 0.2) is 0 Å². The predicted molar refractivity (Wildman–Crippen MR) is 137 cm³/mol. The standard InChI is InChI=1S/C25H34N3O8P/c1-4-15(2)23(26-16(3)29)25(33)27-21(13-17-5-9-19(30)10-6-17)24(32)28-22(37(34,35)36)14-18-7-11-20(31)12-8-18/h5-12,15,21-23,30-31H,4,13-14H2,1-3H3,(H,26,29)(H,27,33)(H,28,32)(H2,34,35,36)/t15-,21-,22+,23-/m0/s1. The number of carbonyl (C=O) groups excluding carboxylic acids is 3. The molecule has 202 valence electrons. The number of carbonyl (C=O) groups is 3. The maximum Gasteiger partial charge on any atom is 0.347 e. The first-order chi connectivity index (χ1) is 17.3. The van der Waals surface area contributed by atoms with E-state index in [1.165, 1.54) is 43.3 Å². The second-order valence-corrected chi connectivity index (χ2v) is 10.8. The summed E-state index contributed by atoms with van der Waals surface area (Å²) in [6, 6.07) is 9.44. The lowest BCUT2D eigenvalue weighted by Crippen LogP contribution is -2.57. The van der Waals surface area contributed by atoms with Gasteiger partial charge in [0.1, 0.15) is 29.4 Å². The van der Waals surface area contributed by atoms with Gasteiger partial charge in [0.25, 0.3) is 0 Å². The van der Waals surface area contributed by atoms with Crippen molar-refractivity contribution in [1.82, 2.24) is 16.0 Å². The minimum absolute atomic E-state index is 0.00624. The number of rotatable bonds is 12. The largest absolute Gasteiger partial charge is 0.508 e. The molecular formula is C25H34N3O8P. The molecule has 2 aromatic rings. The number of hydrogen-bond acceptors (Lipinski definition) is 6. The van der Waals surface area contributed by atoms with Crippen LogP contribution >= 0.6 is 7.60 Å². The summed E-state index contributed by atoms with van der Waals surface area (Å²) in [4.78, 5) is 57.9. The summed E-state index contributed by atoms with van der Waals surface area (Å²) in [6.45, 7) is 4.90. The van der Waals surface area contributed by atoms with E-state index in [-0.39, 0.29) is 30.3 Å². The average Bonchev–Trinajstić information content (AvgIpc) is 2.83. The monoisotopic (exact) mass is 535 g/mol. The molecule has 0 saturated carbocycles. The number of phenolic OH excluding ortho intramolecular Hbond substituents is 2. The van der Waals surface area contributed by atoms with E-state index in [9.17, 15) is 38.9 Å². The van der Waals surface area contributed by atoms with Gasteiger partial charge in [-0.1, -0.05) is 44.5 Å². The second-order valence-electron chi connectivity index (χ2n) is 8.98. The SMILES string of the molecule is CC[C@H](C)[C@H](NC(C)=O)C(=O)N[C@@H](Cc1ccc(O)cc1)C(=O)N[C@@H](Cc1ccc(O)cc1)P(=O)(O)O. The van der Waals surface area contributed by atoms with Gasteiger partial charge in [0, 0.05) is 19.8 Å². The Labute approximate surface area is 215 Å². The summed E-state index contributed by atoms with van der Waals surface area (Å²) in [5.74, 6) is -3.73. The van der Waals surface area contributed by atoms with E-state index in [0.717, 1.165) is 0 Å². The predicted octanol–water partition coefficient (Wildman–Crippen LogP) is 1.54. The Balaban J connectivity index is 2.32. The van der Waals surface area contributed by atoms with Gasteiger partial charge < -0.3 is 36.0 Å². The van der Waals surface area contributed by atoms with Crippen LogP contribution in [0.4, 0.5) is 0 Å². The highest BCUT2D eigenvalue weighted by atomic mass is 31.2. The van der Waals surface area contributed by atoms with Crippen molar-refractivity contribution in [2.75, 3.05) is 0 Å². The second kappa shape index (κ2) is 13.2. The van der Waals surface area contributed by atoms with Crippen molar-refractivity contribution in [3.63, 3.8) is 0 Å². The molecule has 0 unspecified atom stereocenters. The van der Waals surface area contributed by atoms with E-state index < -0.39 is 43.2 Å². The number of hydrogen-bond donors (Lipinski definition) is 7. The molecule has 0 spiro atoms. The first-order valence-corrected chi connectivity index (χ1v) is 13.5. The minimum atomic E-state index is -4.83. The molecule has 0 fully saturated rings. The van der Waals surface area contributed by atoms with Crippen LogP contribution in [0.3, 0.4) is 0 Å². The highest BCUT2D eigenvalue weighted by Crippen LogP contribution is 2.41. The first kappa shape index (κ1) is 29.8. The number of amides is 3. The van der Waals surface area contributed by atoms with Gasteiger partial charge in [0.2, 0.25) is 17.7 Å². The van der Waals surface area contributed by atoms with Crippen LogP contribution in [0.2, 0.25) is 0 Å².